The van der Waals surface area contributed by atoms with Crippen molar-refractivity contribution in [2.75, 3.05) is 19.6 Å². The van der Waals surface area contributed by atoms with E-state index in [2.05, 4.69) is 10.3 Å². The summed E-state index contributed by atoms with van der Waals surface area (Å²) in [6.45, 7) is 4.58. The molecular formula is C11H15N3O2. The minimum atomic E-state index is -0.00815. The molecule has 2 fully saturated rings. The molecule has 2 atom stereocenters. The van der Waals surface area contributed by atoms with Gasteiger partial charge in [-0.2, -0.15) is 0 Å². The van der Waals surface area contributed by atoms with Gasteiger partial charge in [0.25, 0.3) is 5.91 Å². The second-order valence-corrected chi connectivity index (χ2v) is 4.54. The standard InChI is InChI=1S/C11H15N3O2/c1-7-10(16-6-13-7)11(15)14-3-2-8-4-12-5-9(8)14/h6,8-9,12H,2-5H2,1H3/t8-,9+/m0/s1. The molecule has 2 saturated heterocycles. The summed E-state index contributed by atoms with van der Waals surface area (Å²) in [5.41, 5.74) is 0.680. The fourth-order valence-corrected chi connectivity index (χ4v) is 2.74. The molecule has 0 spiro atoms. The van der Waals surface area contributed by atoms with Crippen LogP contribution in [0.4, 0.5) is 0 Å². The predicted molar refractivity (Wildman–Crippen MR) is 57.0 cm³/mol. The molecule has 0 saturated carbocycles. The Morgan fingerprint density at radius 3 is 3.25 bits per heavy atom. The van der Waals surface area contributed by atoms with Crippen LogP contribution in [0.5, 0.6) is 0 Å². The van der Waals surface area contributed by atoms with Gasteiger partial charge in [0.1, 0.15) is 0 Å². The van der Waals surface area contributed by atoms with E-state index in [1.807, 2.05) is 4.90 Å². The normalized spacial score (nSPS) is 28.4. The van der Waals surface area contributed by atoms with Gasteiger partial charge >= 0.3 is 0 Å². The van der Waals surface area contributed by atoms with E-state index in [0.717, 1.165) is 26.1 Å². The Hall–Kier alpha value is -1.36. The number of oxazole rings is 1. The van der Waals surface area contributed by atoms with Gasteiger partial charge in [0.2, 0.25) is 5.76 Å². The molecule has 1 N–H and O–H groups in total. The van der Waals surface area contributed by atoms with Crippen LogP contribution in [0.3, 0.4) is 0 Å². The van der Waals surface area contributed by atoms with Crippen LogP contribution in [-0.2, 0) is 0 Å². The number of likely N-dealkylation sites (tertiary alicyclic amines) is 1. The Bertz CT molecular complexity index is 415. The van der Waals surface area contributed by atoms with Crippen LogP contribution in [0.1, 0.15) is 22.7 Å². The van der Waals surface area contributed by atoms with Crippen molar-refractivity contribution in [3.8, 4) is 0 Å². The Kier molecular flexibility index (Phi) is 2.21. The van der Waals surface area contributed by atoms with Gasteiger partial charge in [0.05, 0.1) is 5.69 Å². The average Bonchev–Trinajstić information content (AvgIpc) is 2.90. The quantitative estimate of drug-likeness (QED) is 0.746. The minimum absolute atomic E-state index is 0.00815. The maximum Gasteiger partial charge on any atom is 0.291 e. The highest BCUT2D eigenvalue weighted by atomic mass is 16.3. The van der Waals surface area contributed by atoms with Crippen molar-refractivity contribution in [2.24, 2.45) is 5.92 Å². The number of hydrogen-bond donors (Lipinski definition) is 1. The summed E-state index contributed by atoms with van der Waals surface area (Å²) in [7, 11) is 0. The number of fused-ring (bicyclic) bond motifs is 1. The second kappa shape index (κ2) is 3.59. The van der Waals surface area contributed by atoms with Gasteiger partial charge in [-0.05, 0) is 19.3 Å². The number of nitrogens with one attached hydrogen (secondary N) is 1. The van der Waals surface area contributed by atoms with E-state index in [9.17, 15) is 4.79 Å². The molecule has 2 aliphatic rings. The fraction of sp³-hybridized carbons (Fsp3) is 0.636. The molecular weight excluding hydrogens is 206 g/mol. The molecule has 5 heteroatoms. The van der Waals surface area contributed by atoms with Crippen LogP contribution < -0.4 is 5.32 Å². The van der Waals surface area contributed by atoms with Crippen molar-refractivity contribution < 1.29 is 9.21 Å². The predicted octanol–water partition coefficient (Wildman–Crippen LogP) is 0.417. The largest absolute Gasteiger partial charge is 0.438 e. The summed E-state index contributed by atoms with van der Waals surface area (Å²) < 4.78 is 5.16. The Labute approximate surface area is 93.8 Å². The third kappa shape index (κ3) is 1.35. The highest BCUT2D eigenvalue weighted by Gasteiger charge is 2.41. The van der Waals surface area contributed by atoms with E-state index < -0.39 is 0 Å². The molecule has 2 aliphatic heterocycles. The van der Waals surface area contributed by atoms with Gasteiger partial charge in [-0.25, -0.2) is 4.98 Å². The van der Waals surface area contributed by atoms with E-state index in [-0.39, 0.29) is 5.91 Å². The van der Waals surface area contributed by atoms with Crippen LogP contribution in [0.2, 0.25) is 0 Å². The topological polar surface area (TPSA) is 58.4 Å². The molecule has 0 radical (unpaired) electrons. The molecule has 0 unspecified atom stereocenters. The highest BCUT2D eigenvalue weighted by molar-refractivity contribution is 5.92. The van der Waals surface area contributed by atoms with Crippen molar-refractivity contribution in [3.63, 3.8) is 0 Å². The van der Waals surface area contributed by atoms with E-state index in [0.29, 0.717) is 23.4 Å². The smallest absolute Gasteiger partial charge is 0.291 e. The van der Waals surface area contributed by atoms with Gasteiger partial charge in [-0.3, -0.25) is 4.79 Å². The Balaban J connectivity index is 1.83. The van der Waals surface area contributed by atoms with Crippen molar-refractivity contribution in [1.82, 2.24) is 15.2 Å². The van der Waals surface area contributed by atoms with Crippen LogP contribution in [0.15, 0.2) is 10.8 Å². The molecule has 5 nitrogen and oxygen atoms in total. The first-order valence-electron chi connectivity index (χ1n) is 5.69. The maximum atomic E-state index is 12.2. The lowest BCUT2D eigenvalue weighted by Crippen LogP contribution is -2.39. The Morgan fingerprint density at radius 2 is 2.50 bits per heavy atom. The molecule has 1 aromatic heterocycles. The number of aromatic nitrogens is 1. The molecule has 86 valence electrons. The first-order valence-corrected chi connectivity index (χ1v) is 5.69. The van der Waals surface area contributed by atoms with Crippen molar-refractivity contribution >= 4 is 5.91 Å². The third-order valence-electron chi connectivity index (χ3n) is 3.65. The lowest BCUT2D eigenvalue weighted by molar-refractivity contribution is 0.0703. The maximum absolute atomic E-state index is 12.2. The zero-order valence-electron chi connectivity index (χ0n) is 9.27. The summed E-state index contributed by atoms with van der Waals surface area (Å²) in [6.07, 6.45) is 2.43. The number of amides is 1. The fourth-order valence-electron chi connectivity index (χ4n) is 2.74. The summed E-state index contributed by atoms with van der Waals surface area (Å²) >= 11 is 0. The first-order chi connectivity index (χ1) is 7.77. The molecule has 3 heterocycles. The summed E-state index contributed by atoms with van der Waals surface area (Å²) in [5.74, 6) is 1.01. The zero-order chi connectivity index (χ0) is 11.1. The number of hydrogen-bond acceptors (Lipinski definition) is 4. The SMILES string of the molecule is Cc1ncoc1C(=O)N1CC[C@H]2CNC[C@H]21. The lowest BCUT2D eigenvalue weighted by atomic mass is 10.1. The molecule has 1 aromatic rings. The molecule has 0 bridgehead atoms. The molecule has 1 amide bonds. The molecule has 16 heavy (non-hydrogen) atoms. The second-order valence-electron chi connectivity index (χ2n) is 4.54. The van der Waals surface area contributed by atoms with Crippen LogP contribution in [0, 0.1) is 12.8 Å². The minimum Gasteiger partial charge on any atom is -0.438 e. The van der Waals surface area contributed by atoms with E-state index >= 15 is 0 Å². The van der Waals surface area contributed by atoms with Crippen LogP contribution >= 0.6 is 0 Å². The zero-order valence-corrected chi connectivity index (χ0v) is 9.27. The van der Waals surface area contributed by atoms with E-state index in [4.69, 9.17) is 4.42 Å². The van der Waals surface area contributed by atoms with Gasteiger partial charge in [-0.15, -0.1) is 0 Å². The summed E-state index contributed by atoms with van der Waals surface area (Å²) in [5, 5.41) is 3.33. The first kappa shape index (κ1) is 9.84. The average molecular weight is 221 g/mol. The highest BCUT2D eigenvalue weighted by Crippen LogP contribution is 2.28. The van der Waals surface area contributed by atoms with Gasteiger partial charge in [0.15, 0.2) is 6.39 Å². The van der Waals surface area contributed by atoms with Gasteiger partial charge in [0, 0.05) is 25.7 Å². The van der Waals surface area contributed by atoms with E-state index in [1.165, 1.54) is 6.39 Å². The van der Waals surface area contributed by atoms with Gasteiger partial charge in [-0.1, -0.05) is 0 Å². The van der Waals surface area contributed by atoms with Crippen LogP contribution in [-0.4, -0.2) is 41.5 Å². The van der Waals surface area contributed by atoms with E-state index in [1.54, 1.807) is 6.92 Å². The third-order valence-corrected chi connectivity index (χ3v) is 3.65. The van der Waals surface area contributed by atoms with Gasteiger partial charge < -0.3 is 14.6 Å². The molecule has 0 aliphatic carbocycles. The van der Waals surface area contributed by atoms with Crippen molar-refractivity contribution in [3.05, 3.63) is 17.8 Å². The number of carbonyl (C=O) groups is 1. The molecule has 0 aromatic carbocycles. The van der Waals surface area contributed by atoms with Crippen molar-refractivity contribution in [1.29, 1.82) is 0 Å². The summed E-state index contributed by atoms with van der Waals surface area (Å²) in [6, 6.07) is 0.344. The number of rotatable bonds is 1. The number of carbonyl (C=O) groups excluding carboxylic acids is 1. The molecule has 3 rings (SSSR count). The monoisotopic (exact) mass is 221 g/mol. The number of aryl methyl sites for hydroxylation is 1. The van der Waals surface area contributed by atoms with Crippen LogP contribution in [0.25, 0.3) is 0 Å². The number of nitrogens with zero attached hydrogens (tertiary/aromatic N) is 2. The lowest BCUT2D eigenvalue weighted by Gasteiger charge is -2.22. The Morgan fingerprint density at radius 1 is 1.62 bits per heavy atom. The van der Waals surface area contributed by atoms with Crippen molar-refractivity contribution in [2.45, 2.75) is 19.4 Å². The summed E-state index contributed by atoms with van der Waals surface area (Å²) in [4.78, 5) is 18.1.